The number of nitrogens with two attached hydrogens (primary N) is 1. The van der Waals surface area contributed by atoms with Crippen molar-refractivity contribution >= 4 is 21.6 Å². The molecule has 2 atom stereocenters. The summed E-state index contributed by atoms with van der Waals surface area (Å²) in [6.07, 6.45) is 7.91. The van der Waals surface area contributed by atoms with Crippen LogP contribution in [0.15, 0.2) is 23.7 Å². The van der Waals surface area contributed by atoms with Gasteiger partial charge >= 0.3 is 0 Å². The Morgan fingerprint density at radius 3 is 3.15 bits per heavy atom. The van der Waals surface area contributed by atoms with Crippen LogP contribution in [-0.4, -0.2) is 17.2 Å². The highest BCUT2D eigenvalue weighted by Gasteiger charge is 2.43. The third-order valence-electron chi connectivity index (χ3n) is 5.01. The van der Waals surface area contributed by atoms with Gasteiger partial charge in [-0.15, -0.1) is 11.3 Å². The lowest BCUT2D eigenvalue weighted by atomic mass is 9.70. The summed E-state index contributed by atoms with van der Waals surface area (Å²) in [6, 6.07) is 4.38. The van der Waals surface area contributed by atoms with E-state index >= 15 is 0 Å². The van der Waals surface area contributed by atoms with Crippen molar-refractivity contribution in [3.8, 4) is 0 Å². The second kappa shape index (κ2) is 4.79. The van der Waals surface area contributed by atoms with E-state index in [0.717, 1.165) is 25.0 Å². The van der Waals surface area contributed by atoms with Crippen molar-refractivity contribution in [1.29, 1.82) is 0 Å². The Kier molecular flexibility index (Phi) is 3.05. The van der Waals surface area contributed by atoms with Gasteiger partial charge in [-0.05, 0) is 61.1 Å². The first kappa shape index (κ1) is 12.7. The van der Waals surface area contributed by atoms with Crippen molar-refractivity contribution in [3.05, 3.63) is 29.3 Å². The van der Waals surface area contributed by atoms with Crippen molar-refractivity contribution in [2.45, 2.75) is 43.7 Å². The van der Waals surface area contributed by atoms with Gasteiger partial charge in [-0.3, -0.25) is 4.98 Å². The Bertz CT molecular complexity index is 620. The van der Waals surface area contributed by atoms with Crippen LogP contribution in [0, 0.1) is 5.92 Å². The van der Waals surface area contributed by atoms with Gasteiger partial charge < -0.3 is 10.5 Å². The molecule has 2 fully saturated rings. The molecule has 3 heterocycles. The fourth-order valence-corrected chi connectivity index (χ4v) is 4.40. The minimum atomic E-state index is 0.0929. The topological polar surface area (TPSA) is 48.1 Å². The van der Waals surface area contributed by atoms with E-state index < -0.39 is 0 Å². The average Bonchev–Trinajstić information content (AvgIpc) is 2.92. The predicted molar refractivity (Wildman–Crippen MR) is 81.8 cm³/mol. The van der Waals surface area contributed by atoms with Crippen LogP contribution in [0.2, 0.25) is 0 Å². The number of pyridine rings is 1. The molecule has 3 nitrogen and oxygen atoms in total. The Morgan fingerprint density at radius 1 is 1.45 bits per heavy atom. The molecule has 2 aliphatic rings. The maximum Gasteiger partial charge on any atom is 0.0809 e. The van der Waals surface area contributed by atoms with E-state index in [0.29, 0.717) is 5.92 Å². The minimum absolute atomic E-state index is 0.0929. The maximum absolute atomic E-state index is 6.54. The van der Waals surface area contributed by atoms with Crippen molar-refractivity contribution in [1.82, 2.24) is 4.98 Å². The van der Waals surface area contributed by atoms with Crippen LogP contribution >= 0.6 is 11.3 Å². The Labute approximate surface area is 123 Å². The number of hydrogen-bond donors (Lipinski definition) is 1. The van der Waals surface area contributed by atoms with E-state index in [1.807, 2.05) is 6.20 Å². The van der Waals surface area contributed by atoms with E-state index in [1.54, 1.807) is 11.3 Å². The molecule has 1 aliphatic carbocycles. The lowest BCUT2D eigenvalue weighted by Gasteiger charge is -2.48. The van der Waals surface area contributed by atoms with E-state index in [4.69, 9.17) is 10.5 Å². The normalized spacial score (nSPS) is 26.6. The zero-order valence-electron chi connectivity index (χ0n) is 11.5. The van der Waals surface area contributed by atoms with Gasteiger partial charge in [-0.1, -0.05) is 0 Å². The highest BCUT2D eigenvalue weighted by Crippen LogP contribution is 2.46. The Hall–Kier alpha value is -0.970. The summed E-state index contributed by atoms with van der Waals surface area (Å²) in [5, 5.41) is 2.09. The molecule has 4 heteroatoms. The van der Waals surface area contributed by atoms with Crippen LogP contribution in [0.5, 0.6) is 0 Å². The smallest absolute Gasteiger partial charge is 0.0809 e. The highest BCUT2D eigenvalue weighted by atomic mass is 32.1. The molecule has 1 spiro atoms. The van der Waals surface area contributed by atoms with Crippen LogP contribution in [0.4, 0.5) is 0 Å². The van der Waals surface area contributed by atoms with Gasteiger partial charge in [0.05, 0.1) is 15.8 Å². The molecule has 20 heavy (non-hydrogen) atoms. The molecule has 106 valence electrons. The molecule has 1 aliphatic heterocycles. The molecular formula is C16H20N2OS. The molecule has 4 rings (SSSR count). The molecule has 0 bridgehead atoms. The molecule has 0 radical (unpaired) electrons. The van der Waals surface area contributed by atoms with E-state index in [-0.39, 0.29) is 11.6 Å². The van der Waals surface area contributed by atoms with E-state index in [9.17, 15) is 0 Å². The molecule has 2 N–H and O–H groups in total. The number of fused-ring (bicyclic) bond motifs is 1. The molecule has 0 aromatic carbocycles. The zero-order valence-corrected chi connectivity index (χ0v) is 12.4. The van der Waals surface area contributed by atoms with Crippen molar-refractivity contribution in [2.75, 3.05) is 6.61 Å². The zero-order chi connectivity index (χ0) is 13.6. The minimum Gasteiger partial charge on any atom is -0.375 e. The first-order valence-corrected chi connectivity index (χ1v) is 8.36. The summed E-state index contributed by atoms with van der Waals surface area (Å²) in [7, 11) is 0. The summed E-state index contributed by atoms with van der Waals surface area (Å²) in [5.41, 5.74) is 8.97. The largest absolute Gasteiger partial charge is 0.375 e. The van der Waals surface area contributed by atoms with E-state index in [2.05, 4.69) is 22.5 Å². The van der Waals surface area contributed by atoms with Gasteiger partial charge in [-0.2, -0.15) is 0 Å². The SMILES string of the molecule is NC(c1cnc2ccsc2c1)C1CCOC2(CCC2)C1. The summed E-state index contributed by atoms with van der Waals surface area (Å²) in [6.45, 7) is 0.868. The average molecular weight is 288 g/mol. The summed E-state index contributed by atoms with van der Waals surface area (Å²) < 4.78 is 7.25. The van der Waals surface area contributed by atoms with E-state index in [1.165, 1.54) is 29.5 Å². The maximum atomic E-state index is 6.54. The predicted octanol–water partition coefficient (Wildman–Crippen LogP) is 3.65. The second-order valence-corrected chi connectivity index (χ2v) is 7.18. The number of aromatic nitrogens is 1. The number of thiophene rings is 1. The summed E-state index contributed by atoms with van der Waals surface area (Å²) in [5.74, 6) is 0.531. The molecule has 2 aromatic heterocycles. The van der Waals surface area contributed by atoms with Crippen LogP contribution in [0.25, 0.3) is 10.2 Å². The fourth-order valence-electron chi connectivity index (χ4n) is 3.61. The fraction of sp³-hybridized carbons (Fsp3) is 0.562. The highest BCUT2D eigenvalue weighted by molar-refractivity contribution is 7.17. The first-order valence-electron chi connectivity index (χ1n) is 7.48. The second-order valence-electron chi connectivity index (χ2n) is 6.24. The van der Waals surface area contributed by atoms with Gasteiger partial charge in [0.1, 0.15) is 0 Å². The quantitative estimate of drug-likeness (QED) is 0.917. The first-order chi connectivity index (χ1) is 9.76. The third-order valence-corrected chi connectivity index (χ3v) is 5.87. The number of rotatable bonds is 2. The Morgan fingerprint density at radius 2 is 2.35 bits per heavy atom. The van der Waals surface area contributed by atoms with Gasteiger partial charge in [0, 0.05) is 18.8 Å². The van der Waals surface area contributed by atoms with Gasteiger partial charge in [-0.25, -0.2) is 0 Å². The van der Waals surface area contributed by atoms with Gasteiger partial charge in [0.25, 0.3) is 0 Å². The van der Waals surface area contributed by atoms with Crippen LogP contribution in [0.1, 0.15) is 43.7 Å². The van der Waals surface area contributed by atoms with Crippen molar-refractivity contribution < 1.29 is 4.74 Å². The number of nitrogens with zero attached hydrogens (tertiary/aromatic N) is 1. The molecule has 0 amide bonds. The van der Waals surface area contributed by atoms with Gasteiger partial charge in [0.15, 0.2) is 0 Å². The number of ether oxygens (including phenoxy) is 1. The lowest BCUT2D eigenvalue weighted by Crippen LogP contribution is -2.47. The van der Waals surface area contributed by atoms with Crippen LogP contribution < -0.4 is 5.73 Å². The van der Waals surface area contributed by atoms with Gasteiger partial charge in [0.2, 0.25) is 0 Å². The molecule has 1 saturated heterocycles. The summed E-state index contributed by atoms with van der Waals surface area (Å²) >= 11 is 1.74. The standard InChI is InChI=1S/C16H20N2OS/c17-15(11-2-6-19-16(9-11)4-1-5-16)12-8-14-13(18-10-12)3-7-20-14/h3,7-8,10-11,15H,1-2,4-6,9,17H2. The molecule has 1 saturated carbocycles. The van der Waals surface area contributed by atoms with Crippen molar-refractivity contribution in [3.63, 3.8) is 0 Å². The third kappa shape index (κ3) is 2.07. The van der Waals surface area contributed by atoms with Crippen LogP contribution in [0.3, 0.4) is 0 Å². The monoisotopic (exact) mass is 288 g/mol. The Balaban J connectivity index is 1.57. The molecule has 2 aromatic rings. The summed E-state index contributed by atoms with van der Waals surface area (Å²) in [4.78, 5) is 4.53. The van der Waals surface area contributed by atoms with Crippen LogP contribution in [-0.2, 0) is 4.74 Å². The molecule has 2 unspecified atom stereocenters. The van der Waals surface area contributed by atoms with Crippen molar-refractivity contribution in [2.24, 2.45) is 11.7 Å². The number of hydrogen-bond acceptors (Lipinski definition) is 4. The molecular weight excluding hydrogens is 268 g/mol. The lowest BCUT2D eigenvalue weighted by molar-refractivity contribution is -0.146.